The number of rotatable bonds is 6. The van der Waals surface area contributed by atoms with Crippen LogP contribution in [0.1, 0.15) is 22.9 Å². The summed E-state index contributed by atoms with van der Waals surface area (Å²) >= 11 is 7.17. The highest BCUT2D eigenvalue weighted by atomic mass is 35.5. The van der Waals surface area contributed by atoms with Gasteiger partial charge in [0.1, 0.15) is 5.54 Å². The van der Waals surface area contributed by atoms with Crippen LogP contribution in [0.15, 0.2) is 42.5 Å². The average Bonchev–Trinajstić information content (AvgIpc) is 3.33. The lowest BCUT2D eigenvalue weighted by atomic mass is 9.78. The fourth-order valence-electron chi connectivity index (χ4n) is 4.40. The Morgan fingerprint density at radius 3 is 2.37 bits per heavy atom. The number of nitrogens with one attached hydrogen (secondary N) is 1. The van der Waals surface area contributed by atoms with Gasteiger partial charge in [-0.25, -0.2) is 0 Å². The fourth-order valence-corrected chi connectivity index (χ4v) is 5.56. The molecule has 1 aromatic carbocycles. The maximum Gasteiger partial charge on any atom is 0.325 e. The van der Waals surface area contributed by atoms with Gasteiger partial charge in [0.25, 0.3) is 0 Å². The molecular weight excluding hydrogens is 432 g/mol. The van der Waals surface area contributed by atoms with Crippen LogP contribution in [0.4, 0.5) is 0 Å². The highest BCUT2D eigenvalue weighted by Gasteiger charge is 2.69. The summed E-state index contributed by atoms with van der Waals surface area (Å²) in [5, 5.41) is 22.2. The molecule has 0 radical (unpaired) electrons. The first kappa shape index (κ1) is 20.5. The zero-order valence-electron chi connectivity index (χ0n) is 15.4. The molecule has 1 aromatic heterocycles. The molecule has 0 saturated carbocycles. The van der Waals surface area contributed by atoms with E-state index in [2.05, 4.69) is 5.32 Å². The van der Waals surface area contributed by atoms with Crippen molar-refractivity contribution in [2.24, 2.45) is 11.8 Å². The zero-order chi connectivity index (χ0) is 21.6. The minimum atomic E-state index is -2.10. The standard InChI is InChI=1S/C20H17ClN2O6S/c21-12-7-6-11(30-12)16-14-15(20(22-16,19(28)29)8-13(24)25)18(27)23(17(14)26)9-10-4-2-1-3-5-10/h1-7,14-16,22H,8-9H2,(H,24,25)(H,28,29). The molecule has 10 heteroatoms. The van der Waals surface area contributed by atoms with Crippen molar-refractivity contribution in [2.75, 3.05) is 0 Å². The molecular formula is C20H17ClN2O6S. The van der Waals surface area contributed by atoms with Crippen molar-refractivity contribution in [2.45, 2.75) is 24.5 Å². The van der Waals surface area contributed by atoms with Crippen LogP contribution >= 0.6 is 22.9 Å². The third-order valence-corrected chi connectivity index (χ3v) is 6.96. The first-order valence-corrected chi connectivity index (χ1v) is 10.3. The van der Waals surface area contributed by atoms with Gasteiger partial charge in [0.2, 0.25) is 11.8 Å². The van der Waals surface area contributed by atoms with Crippen LogP contribution in [0.25, 0.3) is 0 Å². The highest BCUT2D eigenvalue weighted by Crippen LogP contribution is 2.51. The number of imide groups is 1. The summed E-state index contributed by atoms with van der Waals surface area (Å²) < 4.78 is 0.437. The summed E-state index contributed by atoms with van der Waals surface area (Å²) in [4.78, 5) is 52.0. The Kier molecular flexibility index (Phi) is 5.13. The number of nitrogens with zero attached hydrogens (tertiary/aromatic N) is 1. The second kappa shape index (κ2) is 7.50. The van der Waals surface area contributed by atoms with Crippen LogP contribution in [-0.2, 0) is 25.7 Å². The van der Waals surface area contributed by atoms with Crippen molar-refractivity contribution in [3.05, 3.63) is 57.2 Å². The maximum absolute atomic E-state index is 13.3. The zero-order valence-corrected chi connectivity index (χ0v) is 17.0. The Bertz CT molecular complexity index is 1040. The summed E-state index contributed by atoms with van der Waals surface area (Å²) in [7, 11) is 0. The van der Waals surface area contributed by atoms with E-state index in [1.54, 1.807) is 42.5 Å². The Morgan fingerprint density at radius 1 is 1.10 bits per heavy atom. The van der Waals surface area contributed by atoms with Gasteiger partial charge < -0.3 is 10.2 Å². The topological polar surface area (TPSA) is 124 Å². The Labute approximate surface area is 180 Å². The molecule has 156 valence electrons. The quantitative estimate of drug-likeness (QED) is 0.578. The van der Waals surface area contributed by atoms with E-state index in [1.807, 2.05) is 0 Å². The molecule has 2 saturated heterocycles. The van der Waals surface area contributed by atoms with Gasteiger partial charge in [-0.1, -0.05) is 41.9 Å². The molecule has 8 nitrogen and oxygen atoms in total. The molecule has 3 heterocycles. The van der Waals surface area contributed by atoms with Crippen molar-refractivity contribution in [1.29, 1.82) is 0 Å². The molecule has 0 bridgehead atoms. The first-order valence-electron chi connectivity index (χ1n) is 9.12. The van der Waals surface area contributed by atoms with Gasteiger partial charge in [-0.05, 0) is 17.7 Å². The summed E-state index contributed by atoms with van der Waals surface area (Å²) in [6.45, 7) is -0.00774. The van der Waals surface area contributed by atoms with Crippen molar-refractivity contribution < 1.29 is 29.4 Å². The van der Waals surface area contributed by atoms with Crippen LogP contribution in [0, 0.1) is 11.8 Å². The number of likely N-dealkylation sites (tertiary alicyclic amines) is 1. The molecule has 4 atom stereocenters. The smallest absolute Gasteiger partial charge is 0.325 e. The van der Waals surface area contributed by atoms with E-state index in [1.165, 1.54) is 0 Å². The number of amides is 2. The van der Waals surface area contributed by atoms with Crippen LogP contribution < -0.4 is 5.32 Å². The maximum atomic E-state index is 13.3. The first-order chi connectivity index (χ1) is 14.2. The lowest BCUT2D eigenvalue weighted by Gasteiger charge is -2.29. The number of hydrogen-bond donors (Lipinski definition) is 3. The van der Waals surface area contributed by atoms with Crippen molar-refractivity contribution in [3.63, 3.8) is 0 Å². The van der Waals surface area contributed by atoms with E-state index < -0.39 is 53.6 Å². The second-order valence-corrected chi connectivity index (χ2v) is 9.11. The van der Waals surface area contributed by atoms with Gasteiger partial charge in [0.05, 0.1) is 35.2 Å². The number of carbonyl (C=O) groups is 4. The number of benzene rings is 1. The third kappa shape index (κ3) is 3.19. The lowest BCUT2D eigenvalue weighted by Crippen LogP contribution is -2.56. The van der Waals surface area contributed by atoms with E-state index in [4.69, 9.17) is 11.6 Å². The minimum Gasteiger partial charge on any atom is -0.481 e. The number of carbonyl (C=O) groups excluding carboxylic acids is 2. The van der Waals surface area contributed by atoms with Crippen LogP contribution in [-0.4, -0.2) is 44.4 Å². The molecule has 2 aliphatic rings. The summed E-state index contributed by atoms with van der Waals surface area (Å²) in [6.07, 6.45) is -0.836. The Hall–Kier alpha value is -2.75. The third-order valence-electron chi connectivity index (χ3n) is 5.64. The minimum absolute atomic E-state index is 0.00774. The van der Waals surface area contributed by atoms with E-state index in [0.29, 0.717) is 14.8 Å². The van der Waals surface area contributed by atoms with Gasteiger partial charge in [-0.15, -0.1) is 11.3 Å². The van der Waals surface area contributed by atoms with Gasteiger partial charge in [0, 0.05) is 4.88 Å². The SMILES string of the molecule is O=C(O)CC1(C(=O)O)NC(c2ccc(Cl)s2)C2C(=O)N(Cc3ccccc3)C(=O)C21. The highest BCUT2D eigenvalue weighted by molar-refractivity contribution is 7.16. The van der Waals surface area contributed by atoms with Crippen molar-refractivity contribution in [1.82, 2.24) is 10.2 Å². The van der Waals surface area contributed by atoms with Gasteiger partial charge in [-0.2, -0.15) is 0 Å². The Morgan fingerprint density at radius 2 is 1.80 bits per heavy atom. The number of thiophene rings is 1. The fraction of sp³-hybridized carbons (Fsp3) is 0.300. The Balaban J connectivity index is 1.79. The summed E-state index contributed by atoms with van der Waals surface area (Å²) in [6, 6.07) is 11.3. The molecule has 0 spiro atoms. The largest absolute Gasteiger partial charge is 0.481 e. The average molecular weight is 449 g/mol. The molecule has 2 amide bonds. The number of aliphatic carboxylic acids is 2. The van der Waals surface area contributed by atoms with E-state index >= 15 is 0 Å². The van der Waals surface area contributed by atoms with Crippen LogP contribution in [0.5, 0.6) is 0 Å². The molecule has 4 rings (SSSR count). The van der Waals surface area contributed by atoms with Gasteiger partial charge in [0.15, 0.2) is 0 Å². The van der Waals surface area contributed by atoms with Crippen molar-refractivity contribution in [3.8, 4) is 0 Å². The van der Waals surface area contributed by atoms with E-state index in [-0.39, 0.29) is 6.54 Å². The van der Waals surface area contributed by atoms with Gasteiger partial charge >= 0.3 is 11.9 Å². The lowest BCUT2D eigenvalue weighted by molar-refractivity contribution is -0.156. The van der Waals surface area contributed by atoms with E-state index in [9.17, 15) is 29.4 Å². The molecule has 3 N–H and O–H groups in total. The number of hydrogen-bond acceptors (Lipinski definition) is 6. The molecule has 30 heavy (non-hydrogen) atoms. The molecule has 2 fully saturated rings. The number of halogens is 1. The molecule has 2 aromatic rings. The van der Waals surface area contributed by atoms with Gasteiger partial charge in [-0.3, -0.25) is 29.4 Å². The summed E-state index contributed by atoms with van der Waals surface area (Å²) in [5.41, 5.74) is -1.39. The van der Waals surface area contributed by atoms with Crippen LogP contribution in [0.3, 0.4) is 0 Å². The second-order valence-electron chi connectivity index (χ2n) is 7.36. The molecule has 0 aliphatic carbocycles. The number of fused-ring (bicyclic) bond motifs is 1. The van der Waals surface area contributed by atoms with Crippen LogP contribution in [0.2, 0.25) is 4.34 Å². The summed E-state index contributed by atoms with van der Waals surface area (Å²) in [5.74, 6) is -6.44. The monoisotopic (exact) mass is 448 g/mol. The number of carboxylic acid groups (broad SMARTS) is 2. The predicted molar refractivity (Wildman–Crippen MR) is 107 cm³/mol. The normalized spacial score (nSPS) is 28.0. The molecule has 4 unspecified atom stereocenters. The number of carboxylic acids is 2. The van der Waals surface area contributed by atoms with E-state index in [0.717, 1.165) is 16.2 Å². The molecule has 2 aliphatic heterocycles. The predicted octanol–water partition coefficient (Wildman–Crippen LogP) is 2.15. The van der Waals surface area contributed by atoms with Crippen molar-refractivity contribution >= 4 is 46.7 Å².